The fraction of sp³-hybridized carbons (Fsp3) is 0.273. The number of hydrogen-bond donors (Lipinski definition) is 1. The van der Waals surface area contributed by atoms with E-state index in [-0.39, 0.29) is 11.2 Å². The molecule has 0 saturated heterocycles. The molecule has 1 fully saturated rings. The van der Waals surface area contributed by atoms with Gasteiger partial charge in [0, 0.05) is 11.4 Å². The third kappa shape index (κ3) is 3.91. The Bertz CT molecular complexity index is 891. The van der Waals surface area contributed by atoms with Gasteiger partial charge in [0.2, 0.25) is 5.91 Å². The average Bonchev–Trinajstić information content (AvgIpc) is 3.19. The predicted molar refractivity (Wildman–Crippen MR) is 107 cm³/mol. The smallest absolute Gasteiger partial charge is 0.238 e. The number of hydrogen-bond acceptors (Lipinski definition) is 3. The molecule has 1 aliphatic rings. The standard InChI is InChI=1S/C22H22N2OS/c25-22(23-18-11-5-6-12-18)21(17-9-2-1-3-10-17)26-20-15-14-16-8-4-7-13-19(16)24-20/h1-4,7-10,13-15,18,21H,5-6,11-12H2,(H,23,25)/t21-/m0/s1. The number of thioether (sulfide) groups is 1. The van der Waals surface area contributed by atoms with Crippen LogP contribution in [0.3, 0.4) is 0 Å². The van der Waals surface area contributed by atoms with E-state index >= 15 is 0 Å². The molecule has 1 aromatic heterocycles. The molecule has 26 heavy (non-hydrogen) atoms. The summed E-state index contributed by atoms with van der Waals surface area (Å²) >= 11 is 1.52. The van der Waals surface area contributed by atoms with Crippen LogP contribution in [0.4, 0.5) is 0 Å². The molecule has 0 spiro atoms. The van der Waals surface area contributed by atoms with Crippen LogP contribution in [0.25, 0.3) is 10.9 Å². The molecule has 4 heteroatoms. The number of nitrogens with one attached hydrogen (secondary N) is 1. The van der Waals surface area contributed by atoms with E-state index in [2.05, 4.69) is 17.4 Å². The fourth-order valence-electron chi connectivity index (χ4n) is 3.48. The van der Waals surface area contributed by atoms with E-state index in [0.717, 1.165) is 34.3 Å². The zero-order valence-corrected chi connectivity index (χ0v) is 15.4. The Kier molecular flexibility index (Phi) is 5.21. The Hall–Kier alpha value is -2.33. The van der Waals surface area contributed by atoms with Crippen molar-refractivity contribution in [2.24, 2.45) is 0 Å². The molecular formula is C22H22N2OS. The van der Waals surface area contributed by atoms with Gasteiger partial charge in [0.15, 0.2) is 0 Å². The Morgan fingerprint density at radius 2 is 1.69 bits per heavy atom. The highest BCUT2D eigenvalue weighted by atomic mass is 32.2. The minimum Gasteiger partial charge on any atom is -0.352 e. The summed E-state index contributed by atoms with van der Waals surface area (Å²) in [6.07, 6.45) is 4.60. The summed E-state index contributed by atoms with van der Waals surface area (Å²) in [5.74, 6) is 0.0862. The molecule has 0 aliphatic heterocycles. The molecule has 1 N–H and O–H groups in total. The van der Waals surface area contributed by atoms with Gasteiger partial charge in [-0.15, -0.1) is 0 Å². The van der Waals surface area contributed by atoms with Crippen LogP contribution in [0.5, 0.6) is 0 Å². The Labute approximate surface area is 158 Å². The molecule has 1 amide bonds. The maximum atomic E-state index is 13.0. The largest absolute Gasteiger partial charge is 0.352 e. The van der Waals surface area contributed by atoms with E-state index in [0.29, 0.717) is 6.04 Å². The minimum atomic E-state index is -0.287. The molecule has 1 aliphatic carbocycles. The summed E-state index contributed by atoms with van der Waals surface area (Å²) in [5.41, 5.74) is 1.98. The number of carbonyl (C=O) groups is 1. The number of pyridine rings is 1. The van der Waals surface area contributed by atoms with Gasteiger partial charge < -0.3 is 5.32 Å². The van der Waals surface area contributed by atoms with Crippen molar-refractivity contribution in [3.8, 4) is 0 Å². The summed E-state index contributed by atoms with van der Waals surface area (Å²) in [4.78, 5) is 17.7. The number of para-hydroxylation sites is 1. The highest BCUT2D eigenvalue weighted by Gasteiger charge is 2.26. The van der Waals surface area contributed by atoms with E-state index < -0.39 is 0 Å². The van der Waals surface area contributed by atoms with Crippen LogP contribution in [0.2, 0.25) is 0 Å². The molecule has 4 rings (SSSR count). The molecule has 3 nitrogen and oxygen atoms in total. The summed E-state index contributed by atoms with van der Waals surface area (Å²) in [7, 11) is 0. The highest BCUT2D eigenvalue weighted by Crippen LogP contribution is 2.35. The predicted octanol–water partition coefficient (Wildman–Crippen LogP) is 5.13. The van der Waals surface area contributed by atoms with Crippen molar-refractivity contribution in [1.29, 1.82) is 0 Å². The first-order valence-corrected chi connectivity index (χ1v) is 10.1. The van der Waals surface area contributed by atoms with Crippen molar-refractivity contribution in [2.45, 2.75) is 42.0 Å². The van der Waals surface area contributed by atoms with E-state index in [4.69, 9.17) is 4.98 Å². The topological polar surface area (TPSA) is 42.0 Å². The molecule has 2 aromatic carbocycles. The SMILES string of the molecule is O=C(NC1CCCC1)[C@@H](Sc1ccc2ccccc2n1)c1ccccc1. The van der Waals surface area contributed by atoms with Gasteiger partial charge in [-0.1, -0.05) is 79.2 Å². The fourth-order valence-corrected chi connectivity index (χ4v) is 4.49. The van der Waals surface area contributed by atoms with Crippen LogP contribution in [-0.2, 0) is 4.79 Å². The Balaban J connectivity index is 1.60. The first-order chi connectivity index (χ1) is 12.8. The van der Waals surface area contributed by atoms with Crippen molar-refractivity contribution in [3.05, 3.63) is 72.3 Å². The molecular weight excluding hydrogens is 340 g/mol. The molecule has 3 aromatic rings. The second kappa shape index (κ2) is 7.92. The van der Waals surface area contributed by atoms with Gasteiger partial charge in [-0.25, -0.2) is 4.98 Å². The zero-order chi connectivity index (χ0) is 17.8. The third-order valence-corrected chi connectivity index (χ3v) is 6.04. The molecule has 0 radical (unpaired) electrons. The monoisotopic (exact) mass is 362 g/mol. The lowest BCUT2D eigenvalue weighted by atomic mass is 10.1. The van der Waals surface area contributed by atoms with Gasteiger partial charge in [0.25, 0.3) is 0 Å². The van der Waals surface area contributed by atoms with Crippen LogP contribution in [0.1, 0.15) is 36.5 Å². The lowest BCUT2D eigenvalue weighted by Crippen LogP contribution is -2.35. The molecule has 1 atom stereocenters. The maximum Gasteiger partial charge on any atom is 0.238 e. The van der Waals surface area contributed by atoms with Crippen LogP contribution in [0.15, 0.2) is 71.8 Å². The Morgan fingerprint density at radius 1 is 0.962 bits per heavy atom. The third-order valence-electron chi connectivity index (χ3n) is 4.85. The van der Waals surface area contributed by atoms with E-state index in [9.17, 15) is 4.79 Å². The van der Waals surface area contributed by atoms with Gasteiger partial charge in [0.1, 0.15) is 5.25 Å². The molecule has 1 heterocycles. The molecule has 132 valence electrons. The van der Waals surface area contributed by atoms with Gasteiger partial charge in [-0.3, -0.25) is 4.79 Å². The van der Waals surface area contributed by atoms with Gasteiger partial charge in [-0.05, 0) is 30.5 Å². The summed E-state index contributed by atoms with van der Waals surface area (Å²) in [6.45, 7) is 0. The quantitative estimate of drug-likeness (QED) is 0.640. The average molecular weight is 362 g/mol. The van der Waals surface area contributed by atoms with Gasteiger partial charge >= 0.3 is 0 Å². The summed E-state index contributed by atoms with van der Waals surface area (Å²) in [6, 6.07) is 22.5. The molecule has 1 saturated carbocycles. The lowest BCUT2D eigenvalue weighted by molar-refractivity contribution is -0.121. The minimum absolute atomic E-state index is 0.0862. The van der Waals surface area contributed by atoms with Gasteiger partial charge in [-0.2, -0.15) is 0 Å². The van der Waals surface area contributed by atoms with E-state index in [1.165, 1.54) is 24.6 Å². The van der Waals surface area contributed by atoms with Crippen LogP contribution >= 0.6 is 11.8 Å². The number of nitrogens with zero attached hydrogens (tertiary/aromatic N) is 1. The lowest BCUT2D eigenvalue weighted by Gasteiger charge is -2.20. The van der Waals surface area contributed by atoms with Gasteiger partial charge in [0.05, 0.1) is 10.5 Å². The zero-order valence-electron chi connectivity index (χ0n) is 14.6. The highest BCUT2D eigenvalue weighted by molar-refractivity contribution is 8.00. The molecule has 0 unspecified atom stereocenters. The van der Waals surface area contributed by atoms with Crippen molar-refractivity contribution in [3.63, 3.8) is 0 Å². The number of carbonyl (C=O) groups excluding carboxylic acids is 1. The van der Waals surface area contributed by atoms with Crippen molar-refractivity contribution < 1.29 is 4.79 Å². The summed E-state index contributed by atoms with van der Waals surface area (Å²) in [5, 5.41) is 4.95. The maximum absolute atomic E-state index is 13.0. The molecule has 0 bridgehead atoms. The van der Waals surface area contributed by atoms with Crippen LogP contribution in [-0.4, -0.2) is 16.9 Å². The second-order valence-corrected chi connectivity index (χ2v) is 7.87. The second-order valence-electron chi connectivity index (χ2n) is 6.74. The number of fused-ring (bicyclic) bond motifs is 1. The van der Waals surface area contributed by atoms with E-state index in [1.807, 2.05) is 54.6 Å². The Morgan fingerprint density at radius 3 is 2.50 bits per heavy atom. The van der Waals surface area contributed by atoms with Crippen LogP contribution < -0.4 is 5.32 Å². The van der Waals surface area contributed by atoms with Crippen LogP contribution in [0, 0.1) is 0 Å². The number of aromatic nitrogens is 1. The first kappa shape index (κ1) is 17.1. The first-order valence-electron chi connectivity index (χ1n) is 9.17. The van der Waals surface area contributed by atoms with E-state index in [1.54, 1.807) is 0 Å². The number of amides is 1. The number of rotatable bonds is 5. The van der Waals surface area contributed by atoms with Crippen molar-refractivity contribution >= 4 is 28.6 Å². The van der Waals surface area contributed by atoms with Crippen molar-refractivity contribution in [2.75, 3.05) is 0 Å². The summed E-state index contributed by atoms with van der Waals surface area (Å²) < 4.78 is 0. The van der Waals surface area contributed by atoms with Crippen molar-refractivity contribution in [1.82, 2.24) is 10.3 Å². The number of benzene rings is 2. The normalized spacial score (nSPS) is 15.8.